The number of piperidine rings is 1. The van der Waals surface area contributed by atoms with Crippen LogP contribution in [0.2, 0.25) is 0 Å². The standard InChI is InChI=1S/C26H36N6O/c1-18-9-10-21-19(15-18)16-20(24(33)27-21)22(23-28-29-30-32(23)25(2,3)4)31-14-8-13-26(17-31)11-6-5-7-12-26/h9-10,15-16,22H,5-8,11-14,17H2,1-4H3,(H,27,33)/t22-/m0/s1. The summed E-state index contributed by atoms with van der Waals surface area (Å²) >= 11 is 0. The second kappa shape index (κ2) is 8.35. The van der Waals surface area contributed by atoms with Gasteiger partial charge in [-0.05, 0) is 99.4 Å². The van der Waals surface area contributed by atoms with Gasteiger partial charge in [-0.15, -0.1) is 5.10 Å². The number of pyridine rings is 1. The van der Waals surface area contributed by atoms with Crippen LogP contribution in [0.1, 0.15) is 88.7 Å². The Morgan fingerprint density at radius 2 is 1.82 bits per heavy atom. The number of likely N-dealkylation sites (tertiary alicyclic amines) is 1. The number of hydrogen-bond donors (Lipinski definition) is 1. The number of aromatic amines is 1. The quantitative estimate of drug-likeness (QED) is 0.627. The number of H-pyrrole nitrogens is 1. The molecule has 0 radical (unpaired) electrons. The van der Waals surface area contributed by atoms with Crippen LogP contribution in [0.5, 0.6) is 0 Å². The lowest BCUT2D eigenvalue weighted by molar-refractivity contribution is 0.0329. The molecule has 0 unspecified atom stereocenters. The van der Waals surface area contributed by atoms with Crippen LogP contribution >= 0.6 is 0 Å². The summed E-state index contributed by atoms with van der Waals surface area (Å²) in [7, 11) is 0. The van der Waals surface area contributed by atoms with Crippen molar-refractivity contribution in [2.24, 2.45) is 5.41 Å². The minimum atomic E-state index is -0.282. The maximum absolute atomic E-state index is 13.5. The maximum Gasteiger partial charge on any atom is 0.253 e. The molecule has 3 heterocycles. The fourth-order valence-corrected chi connectivity index (χ4v) is 6.06. The van der Waals surface area contributed by atoms with Crippen molar-refractivity contribution in [2.45, 2.75) is 84.2 Å². The van der Waals surface area contributed by atoms with Gasteiger partial charge < -0.3 is 4.98 Å². The topological polar surface area (TPSA) is 79.7 Å². The van der Waals surface area contributed by atoms with Crippen LogP contribution in [0.15, 0.2) is 29.1 Å². The first-order valence-electron chi connectivity index (χ1n) is 12.4. The van der Waals surface area contributed by atoms with Crippen LogP contribution in [-0.4, -0.2) is 43.2 Å². The first kappa shape index (κ1) is 22.3. The van der Waals surface area contributed by atoms with Gasteiger partial charge in [0.25, 0.3) is 5.56 Å². The van der Waals surface area contributed by atoms with Crippen molar-refractivity contribution in [1.82, 2.24) is 30.1 Å². The molecule has 1 N–H and O–H groups in total. The average molecular weight is 449 g/mol. The Morgan fingerprint density at radius 1 is 1.06 bits per heavy atom. The smallest absolute Gasteiger partial charge is 0.253 e. The highest BCUT2D eigenvalue weighted by atomic mass is 16.1. The summed E-state index contributed by atoms with van der Waals surface area (Å²) in [6.45, 7) is 10.4. The fourth-order valence-electron chi connectivity index (χ4n) is 6.06. The van der Waals surface area contributed by atoms with E-state index in [2.05, 4.69) is 65.2 Å². The third-order valence-electron chi connectivity index (χ3n) is 7.67. The maximum atomic E-state index is 13.5. The molecule has 1 saturated heterocycles. The minimum absolute atomic E-state index is 0.0527. The molecule has 7 nitrogen and oxygen atoms in total. The summed E-state index contributed by atoms with van der Waals surface area (Å²) in [5.41, 5.74) is 2.80. The predicted octanol–water partition coefficient (Wildman–Crippen LogP) is 4.71. The molecule has 1 atom stereocenters. The first-order chi connectivity index (χ1) is 15.8. The van der Waals surface area contributed by atoms with Crippen LogP contribution in [0.3, 0.4) is 0 Å². The normalized spacial score (nSPS) is 20.4. The highest BCUT2D eigenvalue weighted by Crippen LogP contribution is 2.45. The highest BCUT2D eigenvalue weighted by molar-refractivity contribution is 5.79. The predicted molar refractivity (Wildman–Crippen MR) is 130 cm³/mol. The van der Waals surface area contributed by atoms with E-state index >= 15 is 0 Å². The van der Waals surface area contributed by atoms with E-state index in [-0.39, 0.29) is 17.1 Å². The molecule has 0 bridgehead atoms. The van der Waals surface area contributed by atoms with Crippen LogP contribution in [0.25, 0.3) is 10.9 Å². The number of aromatic nitrogens is 5. The monoisotopic (exact) mass is 448 g/mol. The number of aryl methyl sites for hydroxylation is 1. The second-order valence-corrected chi connectivity index (χ2v) is 11.3. The van der Waals surface area contributed by atoms with E-state index in [4.69, 9.17) is 0 Å². The van der Waals surface area contributed by atoms with Gasteiger partial charge in [-0.1, -0.05) is 30.9 Å². The molecule has 2 fully saturated rings. The molecule has 1 aliphatic carbocycles. The molecule has 0 amide bonds. The van der Waals surface area contributed by atoms with Gasteiger partial charge in [-0.25, -0.2) is 4.68 Å². The van der Waals surface area contributed by atoms with Crippen molar-refractivity contribution in [3.05, 3.63) is 51.6 Å². The van der Waals surface area contributed by atoms with Crippen molar-refractivity contribution in [3.8, 4) is 0 Å². The van der Waals surface area contributed by atoms with Gasteiger partial charge in [-0.2, -0.15) is 0 Å². The molecule has 2 aliphatic rings. The fraction of sp³-hybridized carbons (Fsp3) is 0.615. The Balaban J connectivity index is 1.66. The molecule has 176 valence electrons. The minimum Gasteiger partial charge on any atom is -0.322 e. The molecule has 1 aliphatic heterocycles. The van der Waals surface area contributed by atoms with Gasteiger partial charge in [0.05, 0.1) is 5.54 Å². The molecule has 1 saturated carbocycles. The number of nitrogens with zero attached hydrogens (tertiary/aromatic N) is 5. The molecule has 7 heteroatoms. The van der Waals surface area contributed by atoms with E-state index in [0.717, 1.165) is 41.8 Å². The van der Waals surface area contributed by atoms with E-state index < -0.39 is 0 Å². The largest absolute Gasteiger partial charge is 0.322 e. The Kier molecular flexibility index (Phi) is 5.63. The van der Waals surface area contributed by atoms with Gasteiger partial charge in [-0.3, -0.25) is 9.69 Å². The van der Waals surface area contributed by atoms with Gasteiger partial charge in [0.2, 0.25) is 0 Å². The third-order valence-corrected chi connectivity index (χ3v) is 7.67. The highest BCUT2D eigenvalue weighted by Gasteiger charge is 2.41. The zero-order chi connectivity index (χ0) is 23.2. The summed E-state index contributed by atoms with van der Waals surface area (Å²) in [4.78, 5) is 19.1. The molecule has 5 rings (SSSR count). The molecular formula is C26H36N6O. The Hall–Kier alpha value is -2.54. The lowest BCUT2D eigenvalue weighted by atomic mass is 9.69. The van der Waals surface area contributed by atoms with Gasteiger partial charge in [0, 0.05) is 17.6 Å². The third kappa shape index (κ3) is 4.23. The number of hydrogen-bond acceptors (Lipinski definition) is 5. The van der Waals surface area contributed by atoms with Crippen molar-refractivity contribution >= 4 is 10.9 Å². The van der Waals surface area contributed by atoms with Crippen LogP contribution in [0, 0.1) is 12.3 Å². The van der Waals surface area contributed by atoms with Crippen molar-refractivity contribution in [3.63, 3.8) is 0 Å². The number of tetrazole rings is 1. The number of fused-ring (bicyclic) bond motifs is 1. The number of rotatable bonds is 3. The summed E-state index contributed by atoms with van der Waals surface area (Å²) < 4.78 is 1.90. The Morgan fingerprint density at radius 3 is 2.58 bits per heavy atom. The SMILES string of the molecule is Cc1ccc2[nH]c(=O)c([C@@H](c3nnnn3C(C)(C)C)N3CCCC4(CCCCC4)C3)cc2c1. The zero-order valence-corrected chi connectivity index (χ0v) is 20.4. The van der Waals surface area contributed by atoms with Gasteiger partial charge in [0.1, 0.15) is 6.04 Å². The zero-order valence-electron chi connectivity index (χ0n) is 20.4. The van der Waals surface area contributed by atoms with Crippen molar-refractivity contribution in [1.29, 1.82) is 0 Å². The summed E-state index contributed by atoms with van der Waals surface area (Å²) in [5, 5.41) is 14.0. The van der Waals surface area contributed by atoms with Gasteiger partial charge in [0.15, 0.2) is 5.82 Å². The van der Waals surface area contributed by atoms with E-state index in [0.29, 0.717) is 5.41 Å². The number of nitrogens with one attached hydrogen (secondary N) is 1. The second-order valence-electron chi connectivity index (χ2n) is 11.3. The van der Waals surface area contributed by atoms with Crippen molar-refractivity contribution in [2.75, 3.05) is 13.1 Å². The van der Waals surface area contributed by atoms with E-state index in [9.17, 15) is 4.79 Å². The first-order valence-corrected chi connectivity index (χ1v) is 12.4. The molecule has 2 aromatic heterocycles. The molecule has 1 spiro atoms. The number of benzene rings is 1. The van der Waals surface area contributed by atoms with Crippen LogP contribution in [0.4, 0.5) is 0 Å². The van der Waals surface area contributed by atoms with Crippen LogP contribution in [-0.2, 0) is 5.54 Å². The Labute approximate surface area is 195 Å². The molecule has 33 heavy (non-hydrogen) atoms. The van der Waals surface area contributed by atoms with Gasteiger partial charge >= 0.3 is 0 Å². The van der Waals surface area contributed by atoms with Crippen LogP contribution < -0.4 is 5.56 Å². The molecule has 1 aromatic carbocycles. The summed E-state index contributed by atoms with van der Waals surface area (Å²) in [5.74, 6) is 0.757. The van der Waals surface area contributed by atoms with E-state index in [1.807, 2.05) is 16.8 Å². The average Bonchev–Trinajstić information content (AvgIpc) is 3.25. The summed E-state index contributed by atoms with van der Waals surface area (Å²) in [6, 6.07) is 7.95. The van der Waals surface area contributed by atoms with E-state index in [1.54, 1.807) is 0 Å². The summed E-state index contributed by atoms with van der Waals surface area (Å²) in [6.07, 6.45) is 8.98. The Bertz CT molecular complexity index is 1190. The molecule has 3 aromatic rings. The lowest BCUT2D eigenvalue weighted by Gasteiger charge is -2.47. The van der Waals surface area contributed by atoms with Crippen molar-refractivity contribution < 1.29 is 0 Å². The molecular weight excluding hydrogens is 412 g/mol. The lowest BCUT2D eigenvalue weighted by Crippen LogP contribution is -2.48. The van der Waals surface area contributed by atoms with E-state index in [1.165, 1.54) is 44.1 Å².